The Labute approximate surface area is 106 Å². The second-order valence-electron chi connectivity index (χ2n) is 4.87. The van der Waals surface area contributed by atoms with Gasteiger partial charge in [0.15, 0.2) is 0 Å². The van der Waals surface area contributed by atoms with Crippen LogP contribution in [0.3, 0.4) is 0 Å². The number of hydrogen-bond donors (Lipinski definition) is 2. The Hall–Kier alpha value is -1.46. The fourth-order valence-electron chi connectivity index (χ4n) is 1.96. The molecule has 0 radical (unpaired) electrons. The van der Waals surface area contributed by atoms with E-state index in [0.29, 0.717) is 6.54 Å². The van der Waals surface area contributed by atoms with Gasteiger partial charge in [-0.2, -0.15) is 0 Å². The van der Waals surface area contributed by atoms with Gasteiger partial charge >= 0.3 is 5.97 Å². The third kappa shape index (κ3) is 3.27. The van der Waals surface area contributed by atoms with Crippen LogP contribution in [0.1, 0.15) is 35.8 Å². The van der Waals surface area contributed by atoms with E-state index in [1.807, 2.05) is 0 Å². The molecule has 2 rings (SSSR count). The van der Waals surface area contributed by atoms with Gasteiger partial charge in [0, 0.05) is 31.5 Å². The van der Waals surface area contributed by atoms with Crippen molar-refractivity contribution in [2.75, 3.05) is 13.2 Å². The van der Waals surface area contributed by atoms with Crippen LogP contribution in [0.5, 0.6) is 0 Å². The fourth-order valence-corrected chi connectivity index (χ4v) is 1.96. The summed E-state index contributed by atoms with van der Waals surface area (Å²) in [5.41, 5.74) is 1.16. The molecule has 0 atom stereocenters. The van der Waals surface area contributed by atoms with Crippen LogP contribution in [-0.2, 0) is 11.3 Å². The molecule has 0 amide bonds. The Bertz CT molecular complexity index is 411. The summed E-state index contributed by atoms with van der Waals surface area (Å²) >= 11 is 0. The minimum Gasteiger partial charge on any atom is -0.478 e. The SMILES string of the molecule is CC1(NCc2ccc(C(=O)O)cn2)CCOCC1. The fraction of sp³-hybridized carbons (Fsp3) is 0.538. The van der Waals surface area contributed by atoms with E-state index in [0.717, 1.165) is 31.7 Å². The van der Waals surface area contributed by atoms with Crippen molar-refractivity contribution in [3.8, 4) is 0 Å². The predicted molar refractivity (Wildman–Crippen MR) is 66.5 cm³/mol. The molecule has 18 heavy (non-hydrogen) atoms. The molecule has 5 nitrogen and oxygen atoms in total. The number of rotatable bonds is 4. The molecule has 1 aliphatic heterocycles. The van der Waals surface area contributed by atoms with Crippen molar-refractivity contribution in [1.29, 1.82) is 0 Å². The molecular weight excluding hydrogens is 232 g/mol. The molecule has 1 fully saturated rings. The highest BCUT2D eigenvalue weighted by atomic mass is 16.5. The first kappa shape index (κ1) is 13.0. The largest absolute Gasteiger partial charge is 0.478 e. The van der Waals surface area contributed by atoms with Gasteiger partial charge in [0.2, 0.25) is 0 Å². The molecular formula is C13H18N2O3. The number of aromatic carboxylic acids is 1. The summed E-state index contributed by atoms with van der Waals surface area (Å²) in [5, 5.41) is 12.3. The standard InChI is InChI=1S/C13H18N2O3/c1-13(4-6-18-7-5-13)15-9-11-3-2-10(8-14-11)12(16)17/h2-3,8,15H,4-7,9H2,1H3,(H,16,17). The predicted octanol–water partition coefficient (Wildman–Crippen LogP) is 1.44. The molecule has 0 unspecified atom stereocenters. The first-order valence-electron chi connectivity index (χ1n) is 6.10. The minimum absolute atomic E-state index is 0.0887. The zero-order valence-corrected chi connectivity index (χ0v) is 10.5. The van der Waals surface area contributed by atoms with E-state index in [-0.39, 0.29) is 11.1 Å². The molecule has 98 valence electrons. The van der Waals surface area contributed by atoms with Gasteiger partial charge in [-0.05, 0) is 31.9 Å². The first-order chi connectivity index (χ1) is 8.59. The van der Waals surface area contributed by atoms with Crippen molar-refractivity contribution in [3.05, 3.63) is 29.6 Å². The molecule has 2 heterocycles. The topological polar surface area (TPSA) is 71.5 Å². The highest BCUT2D eigenvalue weighted by Gasteiger charge is 2.26. The highest BCUT2D eigenvalue weighted by Crippen LogP contribution is 2.20. The van der Waals surface area contributed by atoms with E-state index < -0.39 is 5.97 Å². The van der Waals surface area contributed by atoms with Crippen LogP contribution in [0, 0.1) is 0 Å². The van der Waals surface area contributed by atoms with E-state index in [9.17, 15) is 4.79 Å². The van der Waals surface area contributed by atoms with E-state index in [2.05, 4.69) is 17.2 Å². The quantitative estimate of drug-likeness (QED) is 0.846. The average molecular weight is 250 g/mol. The Morgan fingerprint density at radius 2 is 2.22 bits per heavy atom. The summed E-state index contributed by atoms with van der Waals surface area (Å²) in [6.45, 7) is 4.40. The molecule has 2 N–H and O–H groups in total. The Balaban J connectivity index is 1.91. The molecule has 1 aromatic rings. The monoisotopic (exact) mass is 250 g/mol. The number of nitrogens with zero attached hydrogens (tertiary/aromatic N) is 1. The van der Waals surface area contributed by atoms with Crippen LogP contribution >= 0.6 is 0 Å². The zero-order valence-electron chi connectivity index (χ0n) is 10.5. The maximum absolute atomic E-state index is 10.7. The number of carbonyl (C=O) groups is 1. The summed E-state index contributed by atoms with van der Waals surface area (Å²) in [6, 6.07) is 3.33. The van der Waals surface area contributed by atoms with Gasteiger partial charge in [-0.25, -0.2) is 4.79 Å². The van der Waals surface area contributed by atoms with Gasteiger partial charge in [-0.3, -0.25) is 4.98 Å². The van der Waals surface area contributed by atoms with Crippen molar-refractivity contribution in [3.63, 3.8) is 0 Å². The number of ether oxygens (including phenoxy) is 1. The van der Waals surface area contributed by atoms with E-state index in [1.54, 1.807) is 12.1 Å². The average Bonchev–Trinajstić information content (AvgIpc) is 2.38. The van der Waals surface area contributed by atoms with Gasteiger partial charge in [-0.15, -0.1) is 0 Å². The molecule has 1 aliphatic rings. The smallest absolute Gasteiger partial charge is 0.337 e. The highest BCUT2D eigenvalue weighted by molar-refractivity contribution is 5.87. The van der Waals surface area contributed by atoms with Crippen molar-refractivity contribution < 1.29 is 14.6 Å². The Morgan fingerprint density at radius 1 is 1.50 bits per heavy atom. The maximum Gasteiger partial charge on any atom is 0.337 e. The maximum atomic E-state index is 10.7. The number of carboxylic acids is 1. The van der Waals surface area contributed by atoms with Crippen molar-refractivity contribution >= 4 is 5.97 Å². The third-order valence-corrected chi connectivity index (χ3v) is 3.36. The van der Waals surface area contributed by atoms with Crippen LogP contribution in [0.15, 0.2) is 18.3 Å². The second-order valence-corrected chi connectivity index (χ2v) is 4.87. The second kappa shape index (κ2) is 5.46. The molecule has 0 bridgehead atoms. The minimum atomic E-state index is -0.946. The van der Waals surface area contributed by atoms with Crippen LogP contribution < -0.4 is 5.32 Å². The summed E-state index contributed by atoms with van der Waals surface area (Å²) < 4.78 is 5.34. The van der Waals surface area contributed by atoms with Gasteiger partial charge in [0.1, 0.15) is 0 Å². The zero-order chi connectivity index (χ0) is 13.0. The van der Waals surface area contributed by atoms with E-state index >= 15 is 0 Å². The number of aromatic nitrogens is 1. The van der Waals surface area contributed by atoms with Crippen molar-refractivity contribution in [2.24, 2.45) is 0 Å². The number of pyridine rings is 1. The van der Waals surface area contributed by atoms with E-state index in [4.69, 9.17) is 9.84 Å². The van der Waals surface area contributed by atoms with Gasteiger partial charge in [-0.1, -0.05) is 0 Å². The normalized spacial score (nSPS) is 18.5. The summed E-state index contributed by atoms with van der Waals surface area (Å²) in [4.78, 5) is 14.8. The Morgan fingerprint density at radius 3 is 2.78 bits per heavy atom. The Kier molecular flexibility index (Phi) is 3.93. The van der Waals surface area contributed by atoms with Crippen LogP contribution in [0.25, 0.3) is 0 Å². The first-order valence-corrected chi connectivity index (χ1v) is 6.10. The molecule has 0 saturated carbocycles. The number of hydrogen-bond acceptors (Lipinski definition) is 4. The van der Waals surface area contributed by atoms with Crippen LogP contribution in [0.4, 0.5) is 0 Å². The van der Waals surface area contributed by atoms with Gasteiger partial charge < -0.3 is 15.2 Å². The lowest BCUT2D eigenvalue weighted by Crippen LogP contribution is -2.46. The molecule has 0 aromatic carbocycles. The van der Waals surface area contributed by atoms with E-state index in [1.165, 1.54) is 6.20 Å². The third-order valence-electron chi connectivity index (χ3n) is 3.36. The molecule has 0 spiro atoms. The van der Waals surface area contributed by atoms with Gasteiger partial charge in [0.25, 0.3) is 0 Å². The number of carboxylic acid groups (broad SMARTS) is 1. The molecule has 0 aliphatic carbocycles. The van der Waals surface area contributed by atoms with Crippen molar-refractivity contribution in [1.82, 2.24) is 10.3 Å². The number of nitrogens with one attached hydrogen (secondary N) is 1. The summed E-state index contributed by atoms with van der Waals surface area (Å²) in [5.74, 6) is -0.946. The van der Waals surface area contributed by atoms with Crippen LogP contribution in [0.2, 0.25) is 0 Å². The molecule has 1 saturated heterocycles. The lowest BCUT2D eigenvalue weighted by molar-refractivity contribution is 0.0444. The lowest BCUT2D eigenvalue weighted by atomic mass is 9.92. The lowest BCUT2D eigenvalue weighted by Gasteiger charge is -2.34. The van der Waals surface area contributed by atoms with Crippen molar-refractivity contribution in [2.45, 2.75) is 31.8 Å². The summed E-state index contributed by atoms with van der Waals surface area (Å²) in [6.07, 6.45) is 3.37. The molecule has 5 heteroatoms. The molecule has 1 aromatic heterocycles. The summed E-state index contributed by atoms with van der Waals surface area (Å²) in [7, 11) is 0. The van der Waals surface area contributed by atoms with Gasteiger partial charge in [0.05, 0.1) is 11.3 Å². The van der Waals surface area contributed by atoms with Crippen LogP contribution in [-0.4, -0.2) is 34.8 Å².